The molecule has 0 unspecified atom stereocenters. The van der Waals surface area contributed by atoms with Gasteiger partial charge in [-0.2, -0.15) is 4.39 Å². The second-order valence-electron chi connectivity index (χ2n) is 1.93. The Morgan fingerprint density at radius 1 is 1.91 bits per heavy atom. The topological polar surface area (TPSA) is 30.2 Å². The highest BCUT2D eigenvalue weighted by atomic mass is 19.1. The van der Waals surface area contributed by atoms with Gasteiger partial charge >= 0.3 is 0 Å². The summed E-state index contributed by atoms with van der Waals surface area (Å²) in [6.45, 7) is 4.77. The standard InChI is InChI=1S/C7H8FN3/c1-3-7-9-4-5-11(7)10-6(2)8/h3-5H,1H2,2H3/b10-6+. The fraction of sp³-hybridized carbons (Fsp3) is 0.143. The molecule has 1 aromatic rings. The largest absolute Gasteiger partial charge is 0.236 e. The molecule has 1 rings (SSSR count). The van der Waals surface area contributed by atoms with E-state index in [9.17, 15) is 4.39 Å². The van der Waals surface area contributed by atoms with Crippen LogP contribution < -0.4 is 0 Å². The lowest BCUT2D eigenvalue weighted by Gasteiger charge is -1.93. The number of aromatic nitrogens is 2. The molecular formula is C7H8FN3. The van der Waals surface area contributed by atoms with Gasteiger partial charge in [-0.3, -0.25) is 0 Å². The van der Waals surface area contributed by atoms with E-state index in [1.165, 1.54) is 23.9 Å². The molecule has 0 aliphatic carbocycles. The molecule has 0 N–H and O–H groups in total. The summed E-state index contributed by atoms with van der Waals surface area (Å²) < 4.78 is 13.6. The molecule has 0 saturated heterocycles. The van der Waals surface area contributed by atoms with Gasteiger partial charge in [-0.1, -0.05) is 6.58 Å². The van der Waals surface area contributed by atoms with Crippen molar-refractivity contribution < 1.29 is 4.39 Å². The molecule has 0 aliphatic heterocycles. The first-order valence-corrected chi connectivity index (χ1v) is 3.11. The Labute approximate surface area is 63.9 Å². The number of nitrogens with zero attached hydrogens (tertiary/aromatic N) is 3. The van der Waals surface area contributed by atoms with Crippen molar-refractivity contribution >= 4 is 12.0 Å². The van der Waals surface area contributed by atoms with Gasteiger partial charge in [-0.15, -0.1) is 5.10 Å². The van der Waals surface area contributed by atoms with Crippen LogP contribution in [0.3, 0.4) is 0 Å². The maximum absolute atomic E-state index is 12.2. The van der Waals surface area contributed by atoms with E-state index in [-0.39, 0.29) is 0 Å². The predicted molar refractivity (Wildman–Crippen MR) is 41.9 cm³/mol. The summed E-state index contributed by atoms with van der Waals surface area (Å²) in [5.41, 5.74) is 0. The Bertz CT molecular complexity index is 284. The van der Waals surface area contributed by atoms with Crippen molar-refractivity contribution in [1.29, 1.82) is 0 Å². The summed E-state index contributed by atoms with van der Waals surface area (Å²) in [5.74, 6) is 0.0214. The SMILES string of the molecule is C=Cc1nccn1/N=C(\C)F. The zero-order valence-electron chi connectivity index (χ0n) is 6.16. The van der Waals surface area contributed by atoms with Gasteiger partial charge in [0.05, 0.1) is 0 Å². The van der Waals surface area contributed by atoms with Crippen LogP contribution in [-0.2, 0) is 0 Å². The normalized spacial score (nSPS) is 11.6. The van der Waals surface area contributed by atoms with Gasteiger partial charge in [0.15, 0.2) is 5.82 Å². The van der Waals surface area contributed by atoms with Crippen LogP contribution in [0.4, 0.5) is 4.39 Å². The van der Waals surface area contributed by atoms with Crippen LogP contribution >= 0.6 is 0 Å². The molecule has 0 aromatic carbocycles. The number of hydrogen-bond donors (Lipinski definition) is 0. The lowest BCUT2D eigenvalue weighted by molar-refractivity contribution is 0.745. The molecule has 1 heterocycles. The monoisotopic (exact) mass is 153 g/mol. The molecule has 3 nitrogen and oxygen atoms in total. The van der Waals surface area contributed by atoms with Crippen molar-refractivity contribution in [2.45, 2.75) is 6.92 Å². The second kappa shape index (κ2) is 3.09. The van der Waals surface area contributed by atoms with E-state index in [1.54, 1.807) is 6.20 Å². The van der Waals surface area contributed by atoms with Crippen molar-refractivity contribution in [2.75, 3.05) is 0 Å². The van der Waals surface area contributed by atoms with E-state index >= 15 is 0 Å². The number of hydrogen-bond acceptors (Lipinski definition) is 2. The van der Waals surface area contributed by atoms with Crippen LogP contribution in [0.2, 0.25) is 0 Å². The molecular weight excluding hydrogens is 145 g/mol. The summed E-state index contributed by atoms with van der Waals surface area (Å²) in [5, 5.41) is 3.52. The van der Waals surface area contributed by atoms with Gasteiger partial charge in [0.25, 0.3) is 0 Å². The highest BCUT2D eigenvalue weighted by molar-refractivity contribution is 5.71. The van der Waals surface area contributed by atoms with E-state index in [0.717, 1.165) is 0 Å². The van der Waals surface area contributed by atoms with E-state index < -0.39 is 5.97 Å². The zero-order chi connectivity index (χ0) is 8.27. The van der Waals surface area contributed by atoms with Gasteiger partial charge in [0, 0.05) is 19.3 Å². The van der Waals surface area contributed by atoms with Crippen molar-refractivity contribution in [3.63, 3.8) is 0 Å². The molecule has 0 bridgehead atoms. The third-order valence-electron chi connectivity index (χ3n) is 1.08. The molecule has 0 atom stereocenters. The third-order valence-corrected chi connectivity index (χ3v) is 1.08. The molecule has 0 saturated carbocycles. The summed E-state index contributed by atoms with van der Waals surface area (Å²) >= 11 is 0. The quantitative estimate of drug-likeness (QED) is 0.594. The molecule has 58 valence electrons. The van der Waals surface area contributed by atoms with E-state index in [0.29, 0.717) is 5.82 Å². The first-order valence-electron chi connectivity index (χ1n) is 3.11. The number of halogens is 1. The predicted octanol–water partition coefficient (Wildman–Crippen LogP) is 1.68. The molecule has 11 heavy (non-hydrogen) atoms. The van der Waals surface area contributed by atoms with Crippen molar-refractivity contribution in [3.8, 4) is 0 Å². The minimum absolute atomic E-state index is 0.508. The molecule has 0 radical (unpaired) electrons. The van der Waals surface area contributed by atoms with Gasteiger partial charge in [-0.25, -0.2) is 9.66 Å². The van der Waals surface area contributed by atoms with Gasteiger partial charge in [0.1, 0.15) is 0 Å². The van der Waals surface area contributed by atoms with Gasteiger partial charge in [0.2, 0.25) is 5.97 Å². The fourth-order valence-corrected chi connectivity index (χ4v) is 0.688. The first-order chi connectivity index (χ1) is 5.24. The van der Waals surface area contributed by atoms with Gasteiger partial charge in [-0.05, 0) is 6.08 Å². The van der Waals surface area contributed by atoms with Gasteiger partial charge < -0.3 is 0 Å². The Morgan fingerprint density at radius 3 is 3.18 bits per heavy atom. The average molecular weight is 153 g/mol. The van der Waals surface area contributed by atoms with E-state index in [4.69, 9.17) is 0 Å². The Hall–Kier alpha value is -1.45. The minimum Gasteiger partial charge on any atom is -0.236 e. The molecule has 4 heteroatoms. The van der Waals surface area contributed by atoms with E-state index in [2.05, 4.69) is 16.7 Å². The first kappa shape index (κ1) is 7.65. The molecule has 1 aromatic heterocycles. The van der Waals surface area contributed by atoms with Crippen molar-refractivity contribution in [2.24, 2.45) is 5.10 Å². The molecule has 0 fully saturated rings. The Balaban J connectivity index is 3.03. The number of imidazole rings is 1. The van der Waals surface area contributed by atoms with Crippen LogP contribution in [0.1, 0.15) is 12.7 Å². The lowest BCUT2D eigenvalue weighted by Crippen LogP contribution is -1.93. The Kier molecular flexibility index (Phi) is 2.15. The highest BCUT2D eigenvalue weighted by Gasteiger charge is 1.95. The molecule has 0 aliphatic rings. The maximum Gasteiger partial charge on any atom is 0.205 e. The third kappa shape index (κ3) is 1.73. The summed E-state index contributed by atoms with van der Waals surface area (Å²) in [6, 6.07) is 0. The highest BCUT2D eigenvalue weighted by Crippen LogP contribution is 1.98. The molecule has 0 spiro atoms. The van der Waals surface area contributed by atoms with Crippen LogP contribution in [0, 0.1) is 0 Å². The van der Waals surface area contributed by atoms with Crippen molar-refractivity contribution in [1.82, 2.24) is 9.66 Å². The smallest absolute Gasteiger partial charge is 0.205 e. The lowest BCUT2D eigenvalue weighted by atomic mass is 10.6. The second-order valence-corrected chi connectivity index (χ2v) is 1.93. The minimum atomic E-state index is -0.508. The maximum atomic E-state index is 12.2. The molecule has 0 amide bonds. The summed E-state index contributed by atoms with van der Waals surface area (Å²) in [4.78, 5) is 3.86. The van der Waals surface area contributed by atoms with E-state index in [1.807, 2.05) is 0 Å². The van der Waals surface area contributed by atoms with Crippen LogP contribution in [0.5, 0.6) is 0 Å². The zero-order valence-corrected chi connectivity index (χ0v) is 6.16. The average Bonchev–Trinajstić information content (AvgIpc) is 2.34. The van der Waals surface area contributed by atoms with Crippen LogP contribution in [0.25, 0.3) is 6.08 Å². The van der Waals surface area contributed by atoms with Crippen molar-refractivity contribution in [3.05, 3.63) is 24.8 Å². The fourth-order valence-electron chi connectivity index (χ4n) is 0.688. The van der Waals surface area contributed by atoms with Crippen LogP contribution in [-0.4, -0.2) is 15.6 Å². The summed E-state index contributed by atoms with van der Waals surface area (Å²) in [6.07, 6.45) is 4.59. The summed E-state index contributed by atoms with van der Waals surface area (Å²) in [7, 11) is 0. The number of rotatable bonds is 2. The Morgan fingerprint density at radius 2 is 2.64 bits per heavy atom. The van der Waals surface area contributed by atoms with Crippen LogP contribution in [0.15, 0.2) is 24.1 Å².